The molecule has 0 aliphatic heterocycles. The first-order chi connectivity index (χ1) is 8.69. The van der Waals surface area contributed by atoms with Gasteiger partial charge in [0.15, 0.2) is 0 Å². The Labute approximate surface area is 104 Å². The number of hydrogen-bond acceptors (Lipinski definition) is 5. The second-order valence-electron chi connectivity index (χ2n) is 3.48. The molecular formula is C13H11NO4. The van der Waals surface area contributed by atoms with Crippen LogP contribution in [0.1, 0.15) is 10.4 Å². The number of aromatic hydroxyl groups is 1. The van der Waals surface area contributed by atoms with Crippen LogP contribution in [0, 0.1) is 0 Å². The third-order valence-electron chi connectivity index (χ3n) is 2.20. The van der Waals surface area contributed by atoms with Gasteiger partial charge >= 0.3 is 5.97 Å². The highest BCUT2D eigenvalue weighted by atomic mass is 16.5. The first-order valence-corrected chi connectivity index (χ1v) is 5.20. The third-order valence-corrected chi connectivity index (χ3v) is 2.20. The van der Waals surface area contributed by atoms with Gasteiger partial charge in [0, 0.05) is 6.07 Å². The van der Waals surface area contributed by atoms with Crippen molar-refractivity contribution in [1.82, 2.24) is 4.98 Å². The second kappa shape index (κ2) is 5.18. The zero-order valence-corrected chi connectivity index (χ0v) is 9.66. The summed E-state index contributed by atoms with van der Waals surface area (Å²) < 4.78 is 10.1. The van der Waals surface area contributed by atoms with Gasteiger partial charge in [-0.15, -0.1) is 0 Å². The summed E-state index contributed by atoms with van der Waals surface area (Å²) >= 11 is 0. The molecule has 1 aromatic carbocycles. The average molecular weight is 245 g/mol. The topological polar surface area (TPSA) is 68.7 Å². The molecule has 0 aliphatic carbocycles. The number of methoxy groups -OCH3 is 1. The Morgan fingerprint density at radius 1 is 1.28 bits per heavy atom. The van der Waals surface area contributed by atoms with Crippen LogP contribution in [0.25, 0.3) is 0 Å². The molecule has 0 amide bonds. The molecule has 0 unspecified atom stereocenters. The van der Waals surface area contributed by atoms with Crippen LogP contribution in [0.4, 0.5) is 0 Å². The van der Waals surface area contributed by atoms with Gasteiger partial charge in [-0.05, 0) is 24.3 Å². The fraction of sp³-hybridized carbons (Fsp3) is 0.0769. The Hall–Kier alpha value is -2.56. The van der Waals surface area contributed by atoms with Crippen molar-refractivity contribution in [1.29, 1.82) is 0 Å². The zero-order valence-electron chi connectivity index (χ0n) is 9.66. The predicted octanol–water partition coefficient (Wildman–Crippen LogP) is 2.37. The Morgan fingerprint density at radius 3 is 2.78 bits per heavy atom. The second-order valence-corrected chi connectivity index (χ2v) is 3.48. The van der Waals surface area contributed by atoms with Crippen molar-refractivity contribution in [2.45, 2.75) is 0 Å². The summed E-state index contributed by atoms with van der Waals surface area (Å²) in [6.07, 6.45) is 1.28. The minimum Gasteiger partial charge on any atom is -0.506 e. The lowest BCUT2D eigenvalue weighted by Crippen LogP contribution is -2.00. The van der Waals surface area contributed by atoms with E-state index in [4.69, 9.17) is 9.84 Å². The number of pyridine rings is 1. The van der Waals surface area contributed by atoms with Crippen molar-refractivity contribution >= 4 is 5.97 Å². The van der Waals surface area contributed by atoms with Gasteiger partial charge in [0.25, 0.3) is 0 Å². The number of ether oxygens (including phenoxy) is 2. The molecule has 0 spiro atoms. The number of carbonyl (C=O) groups is 1. The van der Waals surface area contributed by atoms with Crippen LogP contribution in [-0.4, -0.2) is 23.2 Å². The van der Waals surface area contributed by atoms with Gasteiger partial charge < -0.3 is 14.6 Å². The highest BCUT2D eigenvalue weighted by Crippen LogP contribution is 2.21. The molecule has 5 nitrogen and oxygen atoms in total. The normalized spacial score (nSPS) is 9.83. The average Bonchev–Trinajstić information content (AvgIpc) is 2.41. The van der Waals surface area contributed by atoms with Crippen molar-refractivity contribution in [2.24, 2.45) is 0 Å². The Kier molecular flexibility index (Phi) is 3.43. The Balaban J connectivity index is 2.19. The molecule has 92 valence electrons. The molecular weight excluding hydrogens is 234 g/mol. The molecule has 2 rings (SSSR count). The lowest BCUT2D eigenvalue weighted by Gasteiger charge is -2.05. The van der Waals surface area contributed by atoms with Crippen LogP contribution in [0.3, 0.4) is 0 Å². The van der Waals surface area contributed by atoms with Crippen LogP contribution >= 0.6 is 0 Å². The van der Waals surface area contributed by atoms with Gasteiger partial charge in [-0.3, -0.25) is 0 Å². The van der Waals surface area contributed by atoms with E-state index in [1.807, 2.05) is 0 Å². The van der Waals surface area contributed by atoms with Crippen LogP contribution < -0.4 is 4.74 Å². The molecule has 0 aliphatic rings. The molecule has 2 aromatic rings. The maximum Gasteiger partial charge on any atom is 0.337 e. The largest absolute Gasteiger partial charge is 0.506 e. The Bertz CT molecular complexity index is 551. The van der Waals surface area contributed by atoms with E-state index in [9.17, 15) is 4.79 Å². The monoisotopic (exact) mass is 245 g/mol. The summed E-state index contributed by atoms with van der Waals surface area (Å²) in [4.78, 5) is 15.2. The minimum atomic E-state index is -0.431. The molecule has 0 atom stereocenters. The van der Waals surface area contributed by atoms with Gasteiger partial charge in [-0.1, -0.05) is 6.07 Å². The lowest BCUT2D eigenvalue weighted by atomic mass is 10.2. The number of nitrogens with zero attached hydrogens (tertiary/aromatic N) is 1. The number of aromatic nitrogens is 1. The van der Waals surface area contributed by atoms with E-state index in [-0.39, 0.29) is 5.75 Å². The molecule has 0 radical (unpaired) electrons. The molecule has 1 heterocycles. The zero-order chi connectivity index (χ0) is 13.0. The number of hydrogen-bond donors (Lipinski definition) is 1. The molecule has 0 saturated carbocycles. The SMILES string of the molecule is COC(=O)c1cccc(Oc2ccc(O)cn2)c1. The van der Waals surface area contributed by atoms with E-state index in [1.165, 1.54) is 25.4 Å². The van der Waals surface area contributed by atoms with Gasteiger partial charge in [0.2, 0.25) is 5.88 Å². The number of esters is 1. The number of benzene rings is 1. The first-order valence-electron chi connectivity index (χ1n) is 5.20. The van der Waals surface area contributed by atoms with E-state index in [2.05, 4.69) is 9.72 Å². The standard InChI is InChI=1S/C13H11NO4/c1-17-13(16)9-3-2-4-11(7-9)18-12-6-5-10(15)8-14-12/h2-8,15H,1H3. The van der Waals surface area contributed by atoms with Crippen molar-refractivity contribution in [2.75, 3.05) is 7.11 Å². The fourth-order valence-corrected chi connectivity index (χ4v) is 1.36. The molecule has 0 saturated heterocycles. The lowest BCUT2D eigenvalue weighted by molar-refractivity contribution is 0.0600. The van der Waals surface area contributed by atoms with Gasteiger partial charge in [0.1, 0.15) is 11.5 Å². The molecule has 5 heteroatoms. The molecule has 0 fully saturated rings. The van der Waals surface area contributed by atoms with Crippen LogP contribution in [0.2, 0.25) is 0 Å². The summed E-state index contributed by atoms with van der Waals surface area (Å²) in [5.74, 6) is 0.427. The quantitative estimate of drug-likeness (QED) is 0.841. The van der Waals surface area contributed by atoms with Crippen LogP contribution in [0.5, 0.6) is 17.4 Å². The molecule has 18 heavy (non-hydrogen) atoms. The van der Waals surface area contributed by atoms with Crippen molar-refractivity contribution in [3.8, 4) is 17.4 Å². The molecule has 1 N–H and O–H groups in total. The number of rotatable bonds is 3. The van der Waals surface area contributed by atoms with E-state index < -0.39 is 5.97 Å². The van der Waals surface area contributed by atoms with Gasteiger partial charge in [-0.25, -0.2) is 9.78 Å². The van der Waals surface area contributed by atoms with Crippen LogP contribution in [-0.2, 0) is 4.74 Å². The smallest absolute Gasteiger partial charge is 0.337 e. The maximum atomic E-state index is 11.3. The highest BCUT2D eigenvalue weighted by molar-refractivity contribution is 5.89. The molecule has 0 bridgehead atoms. The Morgan fingerprint density at radius 2 is 2.11 bits per heavy atom. The van der Waals surface area contributed by atoms with Gasteiger partial charge in [-0.2, -0.15) is 0 Å². The predicted molar refractivity (Wildman–Crippen MR) is 63.8 cm³/mol. The molecule has 1 aromatic heterocycles. The maximum absolute atomic E-state index is 11.3. The summed E-state index contributed by atoms with van der Waals surface area (Å²) in [5, 5.41) is 9.09. The fourth-order valence-electron chi connectivity index (χ4n) is 1.36. The van der Waals surface area contributed by atoms with E-state index in [0.717, 1.165) is 0 Å². The van der Waals surface area contributed by atoms with Crippen molar-refractivity contribution in [3.05, 3.63) is 48.2 Å². The summed E-state index contributed by atoms with van der Waals surface area (Å²) in [5.41, 5.74) is 0.397. The number of carbonyl (C=O) groups excluding carboxylic acids is 1. The van der Waals surface area contributed by atoms with Crippen molar-refractivity contribution in [3.63, 3.8) is 0 Å². The van der Waals surface area contributed by atoms with Crippen LogP contribution in [0.15, 0.2) is 42.6 Å². The summed E-state index contributed by atoms with van der Waals surface area (Å²) in [6.45, 7) is 0. The highest BCUT2D eigenvalue weighted by Gasteiger charge is 2.07. The summed E-state index contributed by atoms with van der Waals surface area (Å²) in [7, 11) is 1.32. The van der Waals surface area contributed by atoms with E-state index in [1.54, 1.807) is 24.3 Å². The third kappa shape index (κ3) is 2.76. The summed E-state index contributed by atoms with van der Waals surface area (Å²) in [6, 6.07) is 9.55. The first kappa shape index (κ1) is 11.9. The van der Waals surface area contributed by atoms with Gasteiger partial charge in [0.05, 0.1) is 18.9 Å². The minimum absolute atomic E-state index is 0.0608. The van der Waals surface area contributed by atoms with Crippen molar-refractivity contribution < 1.29 is 19.4 Å². The van der Waals surface area contributed by atoms with E-state index in [0.29, 0.717) is 17.2 Å². The van der Waals surface area contributed by atoms with E-state index >= 15 is 0 Å².